The summed E-state index contributed by atoms with van der Waals surface area (Å²) in [5.74, 6) is -0.740. The second-order valence-electron chi connectivity index (χ2n) is 8.21. The molecule has 3 rings (SSSR count). The van der Waals surface area contributed by atoms with Crippen LogP contribution in [0.3, 0.4) is 0 Å². The van der Waals surface area contributed by atoms with Gasteiger partial charge in [-0.1, -0.05) is 39.5 Å². The Kier molecular flexibility index (Phi) is 6.29. The van der Waals surface area contributed by atoms with Crippen LogP contribution in [0.2, 0.25) is 0 Å². The molecule has 0 unspecified atom stereocenters. The van der Waals surface area contributed by atoms with Gasteiger partial charge in [-0.2, -0.15) is 0 Å². The van der Waals surface area contributed by atoms with Crippen molar-refractivity contribution in [1.82, 2.24) is 19.9 Å². The quantitative estimate of drug-likeness (QED) is 0.421. The van der Waals surface area contributed by atoms with Crippen LogP contribution < -0.4 is 26.6 Å². The lowest BCUT2D eigenvalue weighted by atomic mass is 9.90. The molecule has 9 heteroatoms. The van der Waals surface area contributed by atoms with E-state index in [1.54, 1.807) is 30.6 Å². The summed E-state index contributed by atoms with van der Waals surface area (Å²) in [6.07, 6.45) is 4.57. The van der Waals surface area contributed by atoms with Gasteiger partial charge in [0.2, 0.25) is 0 Å². The van der Waals surface area contributed by atoms with E-state index in [2.05, 4.69) is 26.5 Å². The molecule has 0 aliphatic heterocycles. The fourth-order valence-electron chi connectivity index (χ4n) is 2.94. The van der Waals surface area contributed by atoms with Crippen molar-refractivity contribution in [3.63, 3.8) is 0 Å². The topological polar surface area (TPSA) is 141 Å². The highest BCUT2D eigenvalue weighted by Gasteiger charge is 2.19. The van der Waals surface area contributed by atoms with E-state index in [9.17, 15) is 14.4 Å². The smallest absolute Gasteiger partial charge is 0.334 e. The standard InChI is InChI=1S/C23H24N4O5/c1-13(22(30)31)11-32-15-7-5-6-14(8-15)9-17-20(28)27-18(21(29)26-17)10-16-19(23(2,3)4)25-12-24-16/h5-10,12H,1,11H2,2-4H3,(H,24,25)(H,26,29)(H,27,28)(H,30,31)/b17-9-,18-10-. The number of hydrogen-bond acceptors (Lipinski definition) is 5. The first-order valence-corrected chi connectivity index (χ1v) is 9.78. The number of rotatable bonds is 6. The maximum absolute atomic E-state index is 12.6. The minimum absolute atomic E-state index is 0.0670. The first-order chi connectivity index (χ1) is 15.0. The van der Waals surface area contributed by atoms with Gasteiger partial charge in [-0.15, -0.1) is 0 Å². The molecule has 9 nitrogen and oxygen atoms in total. The number of hydrogen-bond donors (Lipinski definition) is 4. The molecule has 4 N–H and O–H groups in total. The van der Waals surface area contributed by atoms with Gasteiger partial charge in [0.1, 0.15) is 23.1 Å². The maximum Gasteiger partial charge on any atom is 0.334 e. The molecular formula is C23H24N4O5. The monoisotopic (exact) mass is 436 g/mol. The summed E-state index contributed by atoms with van der Waals surface area (Å²) < 4.78 is 5.40. The number of ether oxygens (including phenoxy) is 1. The molecule has 0 bridgehead atoms. The molecule has 0 saturated carbocycles. The third-order valence-corrected chi connectivity index (χ3v) is 4.57. The molecule has 0 aliphatic rings. The van der Waals surface area contributed by atoms with E-state index in [1.165, 1.54) is 12.2 Å². The molecule has 0 atom stereocenters. The number of aliphatic carboxylic acids is 1. The zero-order chi connectivity index (χ0) is 23.5. The second-order valence-corrected chi connectivity index (χ2v) is 8.21. The summed E-state index contributed by atoms with van der Waals surface area (Å²) in [7, 11) is 0. The van der Waals surface area contributed by atoms with Gasteiger partial charge in [0.05, 0.1) is 17.6 Å². The summed E-state index contributed by atoms with van der Waals surface area (Å²) in [6.45, 7) is 9.27. The first-order valence-electron chi connectivity index (χ1n) is 9.78. The summed E-state index contributed by atoms with van der Waals surface area (Å²) in [6, 6.07) is 6.67. The van der Waals surface area contributed by atoms with Crippen molar-refractivity contribution in [2.24, 2.45) is 0 Å². The van der Waals surface area contributed by atoms with Crippen molar-refractivity contribution in [3.05, 3.63) is 91.1 Å². The van der Waals surface area contributed by atoms with E-state index in [4.69, 9.17) is 9.84 Å². The molecule has 32 heavy (non-hydrogen) atoms. The number of benzene rings is 1. The number of aromatic nitrogens is 4. The number of aromatic amines is 3. The molecule has 0 spiro atoms. The molecule has 0 aliphatic carbocycles. The number of nitrogens with one attached hydrogen (secondary N) is 3. The van der Waals surface area contributed by atoms with Crippen molar-refractivity contribution in [2.45, 2.75) is 26.2 Å². The van der Waals surface area contributed by atoms with Crippen LogP contribution >= 0.6 is 0 Å². The maximum atomic E-state index is 12.6. The summed E-state index contributed by atoms with van der Waals surface area (Å²) in [4.78, 5) is 48.5. The SMILES string of the molecule is C=C(COc1cccc(/C=c2\[nH]c(=O)/c(=C/c3nc[nH]c3C(C)(C)C)[nH]c2=O)c1)C(=O)O. The van der Waals surface area contributed by atoms with Gasteiger partial charge in [-0.3, -0.25) is 9.59 Å². The average molecular weight is 436 g/mol. The van der Waals surface area contributed by atoms with Gasteiger partial charge in [-0.05, 0) is 29.8 Å². The fourth-order valence-corrected chi connectivity index (χ4v) is 2.94. The Morgan fingerprint density at radius 1 is 1.16 bits per heavy atom. The molecule has 166 valence electrons. The minimum Gasteiger partial charge on any atom is -0.489 e. The van der Waals surface area contributed by atoms with E-state index in [0.29, 0.717) is 17.0 Å². The molecular weight excluding hydrogens is 412 g/mol. The summed E-state index contributed by atoms with van der Waals surface area (Å²) in [5, 5.41) is 9.02. The van der Waals surface area contributed by atoms with E-state index >= 15 is 0 Å². The Morgan fingerprint density at radius 2 is 1.81 bits per heavy atom. The van der Waals surface area contributed by atoms with Crippen LogP contribution in [0.25, 0.3) is 12.2 Å². The summed E-state index contributed by atoms with van der Waals surface area (Å²) in [5.41, 5.74) is 0.756. The average Bonchev–Trinajstić information content (AvgIpc) is 3.19. The molecule has 1 aromatic carbocycles. The van der Waals surface area contributed by atoms with Gasteiger partial charge >= 0.3 is 5.97 Å². The number of carboxylic acid groups (broad SMARTS) is 1. The molecule has 2 aromatic heterocycles. The Labute approximate surface area is 182 Å². The van der Waals surface area contributed by atoms with Gasteiger partial charge < -0.3 is 24.8 Å². The minimum atomic E-state index is -1.14. The largest absolute Gasteiger partial charge is 0.489 e. The normalized spacial score (nSPS) is 12.7. The Hall–Kier alpha value is -4.14. The molecule has 0 amide bonds. The Morgan fingerprint density at radius 3 is 2.44 bits per heavy atom. The van der Waals surface area contributed by atoms with Crippen molar-refractivity contribution in [2.75, 3.05) is 6.61 Å². The van der Waals surface area contributed by atoms with E-state index < -0.39 is 17.1 Å². The zero-order valence-electron chi connectivity index (χ0n) is 18.0. The highest BCUT2D eigenvalue weighted by Crippen LogP contribution is 2.22. The lowest BCUT2D eigenvalue weighted by Crippen LogP contribution is -2.46. The number of imidazole rings is 1. The molecule has 0 fully saturated rings. The Balaban J connectivity index is 1.96. The number of carboxylic acids is 1. The second kappa shape index (κ2) is 8.93. The van der Waals surface area contributed by atoms with Crippen molar-refractivity contribution in [1.29, 1.82) is 0 Å². The molecule has 0 saturated heterocycles. The van der Waals surface area contributed by atoms with E-state index in [1.807, 2.05) is 20.8 Å². The molecule has 0 radical (unpaired) electrons. The molecule has 2 heterocycles. The van der Waals surface area contributed by atoms with Crippen LogP contribution in [-0.4, -0.2) is 37.6 Å². The van der Waals surface area contributed by atoms with E-state index in [0.717, 1.165) is 5.69 Å². The van der Waals surface area contributed by atoms with Crippen LogP contribution in [0, 0.1) is 0 Å². The first kappa shape index (κ1) is 22.5. The molecule has 3 aromatic rings. The lowest BCUT2D eigenvalue weighted by Gasteiger charge is -2.16. The predicted octanol–water partition coefficient (Wildman–Crippen LogP) is 0.761. The lowest BCUT2D eigenvalue weighted by molar-refractivity contribution is -0.133. The number of carbonyl (C=O) groups is 1. The Bertz CT molecular complexity index is 1400. The van der Waals surface area contributed by atoms with E-state index in [-0.39, 0.29) is 28.3 Å². The highest BCUT2D eigenvalue weighted by molar-refractivity contribution is 5.86. The van der Waals surface area contributed by atoms with Crippen LogP contribution in [0.4, 0.5) is 0 Å². The van der Waals surface area contributed by atoms with Gasteiger partial charge in [-0.25, -0.2) is 9.78 Å². The number of H-pyrrole nitrogens is 3. The number of nitrogens with zero attached hydrogens (tertiary/aromatic N) is 1. The summed E-state index contributed by atoms with van der Waals surface area (Å²) >= 11 is 0. The van der Waals surface area contributed by atoms with Gasteiger partial charge in [0, 0.05) is 11.1 Å². The van der Waals surface area contributed by atoms with Crippen molar-refractivity contribution in [3.8, 4) is 5.75 Å². The predicted molar refractivity (Wildman–Crippen MR) is 120 cm³/mol. The highest BCUT2D eigenvalue weighted by atomic mass is 16.5. The van der Waals surface area contributed by atoms with Crippen LogP contribution in [-0.2, 0) is 10.2 Å². The third kappa shape index (κ3) is 5.31. The van der Waals surface area contributed by atoms with Gasteiger partial charge in [0.15, 0.2) is 0 Å². The fraction of sp³-hybridized carbons (Fsp3) is 0.217. The van der Waals surface area contributed by atoms with Crippen molar-refractivity contribution >= 4 is 18.1 Å². The third-order valence-electron chi connectivity index (χ3n) is 4.57. The van der Waals surface area contributed by atoms with Crippen LogP contribution in [0.1, 0.15) is 37.7 Å². The van der Waals surface area contributed by atoms with Gasteiger partial charge in [0.25, 0.3) is 11.1 Å². The zero-order valence-corrected chi connectivity index (χ0v) is 18.0. The van der Waals surface area contributed by atoms with Crippen molar-refractivity contribution < 1.29 is 14.6 Å². The van der Waals surface area contributed by atoms with Crippen LogP contribution in [0.5, 0.6) is 5.75 Å². The van der Waals surface area contributed by atoms with Crippen LogP contribution in [0.15, 0.2) is 52.3 Å².